The maximum Gasteiger partial charge on any atom is 0.268 e. The van der Waals surface area contributed by atoms with Crippen LogP contribution in [0.4, 0.5) is 24.7 Å². The zero-order valence-electron chi connectivity index (χ0n) is 18.7. The monoisotopic (exact) mass is 532 g/mol. The van der Waals surface area contributed by atoms with E-state index in [0.29, 0.717) is 11.8 Å². The van der Waals surface area contributed by atoms with Crippen molar-refractivity contribution in [1.29, 1.82) is 0 Å². The van der Waals surface area contributed by atoms with Gasteiger partial charge in [0.1, 0.15) is 23.1 Å². The maximum absolute atomic E-state index is 14.3. The van der Waals surface area contributed by atoms with Crippen LogP contribution in [0, 0.1) is 17.5 Å². The number of nitrogens with zero attached hydrogens (tertiary/aromatic N) is 3. The largest absolute Gasteiger partial charge is 0.345 e. The van der Waals surface area contributed by atoms with Gasteiger partial charge in [-0.1, -0.05) is 36.4 Å². The van der Waals surface area contributed by atoms with Gasteiger partial charge in [0.25, 0.3) is 17.2 Å². The van der Waals surface area contributed by atoms with Gasteiger partial charge in [-0.05, 0) is 36.8 Å². The fraction of sp³-hybridized carbons (Fsp3) is 0.125. The van der Waals surface area contributed by atoms with Crippen molar-refractivity contribution in [3.05, 3.63) is 107 Å². The third-order valence-corrected chi connectivity index (χ3v) is 6.54. The lowest BCUT2D eigenvalue weighted by Crippen LogP contribution is -2.30. The Morgan fingerprint density at radius 1 is 1.06 bits per heavy atom. The van der Waals surface area contributed by atoms with E-state index in [0.717, 1.165) is 45.9 Å². The Hall–Kier alpha value is -3.61. The normalized spacial score (nSPS) is 12.7. The molecule has 0 radical (unpaired) electrons. The molecule has 0 aliphatic heterocycles. The van der Waals surface area contributed by atoms with Gasteiger partial charge in [-0.2, -0.15) is 8.75 Å². The van der Waals surface area contributed by atoms with E-state index in [4.69, 9.17) is 0 Å². The molecule has 1 amide bonds. The Kier molecular flexibility index (Phi) is 7.77. The van der Waals surface area contributed by atoms with Crippen LogP contribution in [0.1, 0.15) is 40.1 Å². The maximum atomic E-state index is 14.3. The van der Waals surface area contributed by atoms with Gasteiger partial charge in [-0.3, -0.25) is 9.35 Å². The molecular formula is C24H19F3N4O3S2. The van der Waals surface area contributed by atoms with Crippen LogP contribution >= 0.6 is 11.7 Å². The molecular weight excluding hydrogens is 513 g/mol. The zero-order chi connectivity index (χ0) is 25.8. The fourth-order valence-corrected chi connectivity index (χ4v) is 4.81. The second kappa shape index (κ2) is 11.0. The van der Waals surface area contributed by atoms with Crippen molar-refractivity contribution < 1.29 is 26.7 Å². The Morgan fingerprint density at radius 2 is 1.75 bits per heavy atom. The number of anilines is 2. The summed E-state index contributed by atoms with van der Waals surface area (Å²) in [6.07, 6.45) is 0.276. The molecule has 186 valence electrons. The summed E-state index contributed by atoms with van der Waals surface area (Å²) in [7, 11) is 0. The molecule has 2 N–H and O–H groups in total. The minimum Gasteiger partial charge on any atom is -0.345 e. The number of aromatic nitrogens is 2. The third kappa shape index (κ3) is 5.61. The molecule has 7 nitrogen and oxygen atoms in total. The van der Waals surface area contributed by atoms with Crippen molar-refractivity contribution in [3.63, 3.8) is 0 Å². The smallest absolute Gasteiger partial charge is 0.268 e. The van der Waals surface area contributed by atoms with Crippen molar-refractivity contribution in [2.24, 2.45) is 0 Å². The molecule has 0 aliphatic rings. The summed E-state index contributed by atoms with van der Waals surface area (Å²) in [6.45, 7) is 1.49. The van der Waals surface area contributed by atoms with E-state index < -0.39 is 40.7 Å². The highest BCUT2D eigenvalue weighted by atomic mass is 32.2. The summed E-state index contributed by atoms with van der Waals surface area (Å²) >= 11 is -1.95. The van der Waals surface area contributed by atoms with Crippen molar-refractivity contribution in [3.8, 4) is 0 Å². The average molecular weight is 533 g/mol. The topological polar surface area (TPSA) is 95.4 Å². The van der Waals surface area contributed by atoms with E-state index in [1.54, 1.807) is 0 Å². The van der Waals surface area contributed by atoms with Gasteiger partial charge in [-0.15, -0.1) is 0 Å². The SMILES string of the molecule is CC(NC(=O)c1ccc(F)cc1N(c1nsnc1Cc1ccccc1)S(=O)O)c1ccc(F)cc1F. The summed E-state index contributed by atoms with van der Waals surface area (Å²) < 4.78 is 73.5. The Morgan fingerprint density at radius 3 is 2.44 bits per heavy atom. The van der Waals surface area contributed by atoms with Crippen molar-refractivity contribution in [2.75, 3.05) is 4.31 Å². The number of carbonyl (C=O) groups is 1. The molecule has 36 heavy (non-hydrogen) atoms. The quantitative estimate of drug-likeness (QED) is 0.300. The van der Waals surface area contributed by atoms with Gasteiger partial charge in [0.15, 0.2) is 5.82 Å². The third-order valence-electron chi connectivity index (χ3n) is 5.30. The van der Waals surface area contributed by atoms with Crippen molar-refractivity contribution in [2.45, 2.75) is 19.4 Å². The predicted octanol–water partition coefficient (Wildman–Crippen LogP) is 5.31. The van der Waals surface area contributed by atoms with Gasteiger partial charge < -0.3 is 5.32 Å². The summed E-state index contributed by atoms with van der Waals surface area (Å²) in [5, 5.41) is 2.56. The van der Waals surface area contributed by atoms with E-state index in [1.165, 1.54) is 13.0 Å². The first kappa shape index (κ1) is 25.5. The molecule has 0 aliphatic carbocycles. The summed E-state index contributed by atoms with van der Waals surface area (Å²) in [5.41, 5.74) is 0.854. The lowest BCUT2D eigenvalue weighted by atomic mass is 10.1. The highest BCUT2D eigenvalue weighted by molar-refractivity contribution is 7.81. The molecule has 4 aromatic rings. The lowest BCUT2D eigenvalue weighted by molar-refractivity contribution is 0.0940. The number of rotatable bonds is 8. The molecule has 1 aromatic heterocycles. The number of benzene rings is 3. The van der Waals surface area contributed by atoms with Gasteiger partial charge >= 0.3 is 0 Å². The Labute approximate surface area is 211 Å². The number of hydrogen-bond acceptors (Lipinski definition) is 5. The van der Waals surface area contributed by atoms with Crippen molar-refractivity contribution >= 4 is 40.4 Å². The van der Waals surface area contributed by atoms with Gasteiger partial charge in [-0.25, -0.2) is 21.7 Å². The summed E-state index contributed by atoms with van der Waals surface area (Å²) in [4.78, 5) is 13.1. The molecule has 0 bridgehead atoms. The molecule has 0 saturated heterocycles. The minimum absolute atomic E-state index is 0.0121. The van der Waals surface area contributed by atoms with E-state index in [9.17, 15) is 26.7 Å². The van der Waals surface area contributed by atoms with Crippen LogP contribution in [0.3, 0.4) is 0 Å². The van der Waals surface area contributed by atoms with E-state index >= 15 is 0 Å². The lowest BCUT2D eigenvalue weighted by Gasteiger charge is -2.22. The zero-order valence-corrected chi connectivity index (χ0v) is 20.3. The van der Waals surface area contributed by atoms with Gasteiger partial charge in [0.2, 0.25) is 0 Å². The number of hydrogen-bond donors (Lipinski definition) is 2. The standard InChI is InChI=1S/C24H19F3N4O3S2/c1-14(18-9-7-16(25)12-20(18)27)28-24(32)19-10-8-17(26)13-22(19)31(36(33)34)23-21(29-35-30-23)11-15-5-3-2-4-6-15/h2-10,12-14H,11H2,1H3,(H,28,32)(H,33,34). The first-order valence-electron chi connectivity index (χ1n) is 10.6. The number of nitrogens with one attached hydrogen (secondary N) is 1. The van der Waals surface area contributed by atoms with Crippen LogP contribution in [0.25, 0.3) is 0 Å². The van der Waals surface area contributed by atoms with Crippen LogP contribution in [0.5, 0.6) is 0 Å². The molecule has 1 heterocycles. The highest BCUT2D eigenvalue weighted by Gasteiger charge is 2.28. The molecule has 0 fully saturated rings. The summed E-state index contributed by atoms with van der Waals surface area (Å²) in [5.74, 6) is -3.16. The molecule has 4 rings (SSSR count). The number of halogens is 3. The number of carbonyl (C=O) groups excluding carboxylic acids is 1. The van der Waals surface area contributed by atoms with Crippen LogP contribution in [0.2, 0.25) is 0 Å². The molecule has 12 heteroatoms. The van der Waals surface area contributed by atoms with Crippen LogP contribution in [-0.2, 0) is 17.7 Å². The Bertz CT molecular complexity index is 1420. The first-order valence-corrected chi connectivity index (χ1v) is 12.4. The average Bonchev–Trinajstić information content (AvgIpc) is 3.27. The number of amides is 1. The first-order chi connectivity index (χ1) is 17.2. The molecule has 2 unspecified atom stereocenters. The van der Waals surface area contributed by atoms with Crippen LogP contribution in [0.15, 0.2) is 66.7 Å². The van der Waals surface area contributed by atoms with Gasteiger partial charge in [0.05, 0.1) is 29.0 Å². The molecule has 2 atom stereocenters. The molecule has 0 spiro atoms. The highest BCUT2D eigenvalue weighted by Crippen LogP contribution is 2.33. The Balaban J connectivity index is 1.70. The van der Waals surface area contributed by atoms with E-state index in [1.807, 2.05) is 30.3 Å². The van der Waals surface area contributed by atoms with Crippen molar-refractivity contribution in [1.82, 2.24) is 14.1 Å². The molecule has 0 saturated carbocycles. The van der Waals surface area contributed by atoms with E-state index in [2.05, 4.69) is 14.1 Å². The second-order valence-corrected chi connectivity index (χ2v) is 9.10. The van der Waals surface area contributed by atoms with E-state index in [-0.39, 0.29) is 29.1 Å². The fourth-order valence-electron chi connectivity index (χ4n) is 3.60. The second-order valence-electron chi connectivity index (χ2n) is 7.74. The van der Waals surface area contributed by atoms with Gasteiger partial charge in [0, 0.05) is 18.1 Å². The minimum atomic E-state index is -2.75. The molecule has 3 aromatic carbocycles. The van der Waals surface area contributed by atoms with Crippen LogP contribution < -0.4 is 9.62 Å². The predicted molar refractivity (Wildman–Crippen MR) is 131 cm³/mol. The summed E-state index contributed by atoms with van der Waals surface area (Å²) in [6, 6.07) is 14.4. The van der Waals surface area contributed by atoms with Crippen LogP contribution in [-0.4, -0.2) is 23.4 Å².